The number of benzene rings is 2. The molecule has 2 aromatic carbocycles. The van der Waals surface area contributed by atoms with E-state index in [9.17, 15) is 0 Å². The molecule has 0 saturated carbocycles. The maximum Gasteiger partial charge on any atom is 0.205 e. The minimum Gasteiger partial charge on any atom is -0.342 e. The van der Waals surface area contributed by atoms with Gasteiger partial charge in [-0.15, -0.1) is 0 Å². The highest BCUT2D eigenvalue weighted by molar-refractivity contribution is 9.10. The van der Waals surface area contributed by atoms with Crippen molar-refractivity contribution in [3.05, 3.63) is 68.6 Å². The molecule has 2 unspecified atom stereocenters. The molecule has 1 saturated heterocycles. The number of rotatable bonds is 3. The van der Waals surface area contributed by atoms with E-state index in [4.69, 9.17) is 9.47 Å². The topological polar surface area (TPSA) is 18.5 Å². The SMILES string of the molecule is BrCC1(c2ccc(Br)cc2)OCC(c2ccc(Br)cc2)O1. The van der Waals surface area contributed by atoms with Gasteiger partial charge in [-0.25, -0.2) is 0 Å². The van der Waals surface area contributed by atoms with Crippen LogP contribution >= 0.6 is 47.8 Å². The third-order valence-electron chi connectivity index (χ3n) is 3.50. The van der Waals surface area contributed by atoms with E-state index in [1.165, 1.54) is 0 Å². The van der Waals surface area contributed by atoms with Gasteiger partial charge in [0.1, 0.15) is 6.10 Å². The van der Waals surface area contributed by atoms with Crippen molar-refractivity contribution in [3.8, 4) is 0 Å². The second kappa shape index (κ2) is 6.50. The molecule has 110 valence electrons. The molecule has 3 rings (SSSR count). The van der Waals surface area contributed by atoms with Crippen LogP contribution in [0.3, 0.4) is 0 Å². The molecule has 0 aromatic heterocycles. The van der Waals surface area contributed by atoms with Crippen molar-refractivity contribution in [2.24, 2.45) is 0 Å². The van der Waals surface area contributed by atoms with E-state index >= 15 is 0 Å². The minimum atomic E-state index is -0.724. The van der Waals surface area contributed by atoms with Crippen LogP contribution in [0.2, 0.25) is 0 Å². The van der Waals surface area contributed by atoms with Crippen LogP contribution in [0.1, 0.15) is 17.2 Å². The Bertz CT molecular complexity index is 612. The molecule has 0 aliphatic carbocycles. The lowest BCUT2D eigenvalue weighted by molar-refractivity contribution is -0.157. The quantitative estimate of drug-likeness (QED) is 0.541. The Morgan fingerprint density at radius 1 is 0.952 bits per heavy atom. The summed E-state index contributed by atoms with van der Waals surface area (Å²) in [7, 11) is 0. The van der Waals surface area contributed by atoms with Crippen LogP contribution in [-0.2, 0) is 15.3 Å². The summed E-state index contributed by atoms with van der Waals surface area (Å²) in [5, 5.41) is 0.592. The Morgan fingerprint density at radius 3 is 2.10 bits per heavy atom. The fourth-order valence-corrected chi connectivity index (χ4v) is 3.50. The molecule has 2 atom stereocenters. The Balaban J connectivity index is 1.85. The maximum absolute atomic E-state index is 6.25. The predicted molar refractivity (Wildman–Crippen MR) is 93.5 cm³/mol. The largest absolute Gasteiger partial charge is 0.342 e. The Hall–Kier alpha value is -0.200. The van der Waals surface area contributed by atoms with Gasteiger partial charge in [-0.2, -0.15) is 0 Å². The molecule has 1 heterocycles. The molecule has 2 aromatic rings. The summed E-state index contributed by atoms with van der Waals surface area (Å²) in [6, 6.07) is 16.2. The summed E-state index contributed by atoms with van der Waals surface area (Å²) < 4.78 is 14.4. The Kier molecular flexibility index (Phi) is 4.86. The van der Waals surface area contributed by atoms with Gasteiger partial charge in [0, 0.05) is 14.5 Å². The lowest BCUT2D eigenvalue weighted by atomic mass is 10.1. The fraction of sp³-hybridized carbons (Fsp3) is 0.250. The molecular formula is C16H13Br3O2. The standard InChI is InChI=1S/C16H13Br3O2/c17-10-16(12-3-7-14(19)8-4-12)20-9-15(21-16)11-1-5-13(18)6-2-11/h1-8,15H,9-10H2. The van der Waals surface area contributed by atoms with Crippen LogP contribution in [-0.4, -0.2) is 11.9 Å². The molecule has 2 nitrogen and oxygen atoms in total. The highest BCUT2D eigenvalue weighted by Gasteiger charge is 2.42. The summed E-state index contributed by atoms with van der Waals surface area (Å²) in [5.74, 6) is -0.724. The monoisotopic (exact) mass is 474 g/mol. The number of alkyl halides is 1. The molecule has 0 spiro atoms. The first-order valence-electron chi connectivity index (χ1n) is 6.52. The zero-order valence-electron chi connectivity index (χ0n) is 11.1. The van der Waals surface area contributed by atoms with E-state index in [2.05, 4.69) is 59.9 Å². The molecule has 0 N–H and O–H groups in total. The van der Waals surface area contributed by atoms with Crippen LogP contribution in [0, 0.1) is 0 Å². The zero-order valence-corrected chi connectivity index (χ0v) is 15.8. The van der Waals surface area contributed by atoms with E-state index in [0.29, 0.717) is 11.9 Å². The van der Waals surface area contributed by atoms with Crippen molar-refractivity contribution in [1.82, 2.24) is 0 Å². The Morgan fingerprint density at radius 2 is 1.52 bits per heavy atom. The van der Waals surface area contributed by atoms with Crippen LogP contribution in [0.4, 0.5) is 0 Å². The average molecular weight is 477 g/mol. The molecule has 0 radical (unpaired) electrons. The van der Waals surface area contributed by atoms with Crippen molar-refractivity contribution < 1.29 is 9.47 Å². The summed E-state index contributed by atoms with van der Waals surface area (Å²) in [6.45, 7) is 0.545. The molecule has 1 aliphatic rings. The lowest BCUT2D eigenvalue weighted by Gasteiger charge is -2.26. The summed E-state index contributed by atoms with van der Waals surface area (Å²) in [6.07, 6.45) is -0.0562. The Labute approximate surface area is 149 Å². The van der Waals surface area contributed by atoms with Gasteiger partial charge >= 0.3 is 0 Å². The van der Waals surface area contributed by atoms with Gasteiger partial charge in [0.2, 0.25) is 5.79 Å². The van der Waals surface area contributed by atoms with Gasteiger partial charge in [-0.3, -0.25) is 0 Å². The summed E-state index contributed by atoms with van der Waals surface area (Å²) in [4.78, 5) is 0. The smallest absolute Gasteiger partial charge is 0.205 e. The van der Waals surface area contributed by atoms with Crippen LogP contribution < -0.4 is 0 Å². The molecular weight excluding hydrogens is 464 g/mol. The molecule has 5 heteroatoms. The molecule has 21 heavy (non-hydrogen) atoms. The van der Waals surface area contributed by atoms with Crippen molar-refractivity contribution in [2.75, 3.05) is 11.9 Å². The molecule has 1 aliphatic heterocycles. The van der Waals surface area contributed by atoms with Gasteiger partial charge in [-0.05, 0) is 29.8 Å². The van der Waals surface area contributed by atoms with Gasteiger partial charge in [0.05, 0.1) is 11.9 Å². The molecule has 0 bridgehead atoms. The normalized spacial score (nSPS) is 25.2. The molecule has 0 amide bonds. The second-order valence-corrected chi connectivity index (χ2v) is 7.25. The number of hydrogen-bond acceptors (Lipinski definition) is 2. The van der Waals surface area contributed by atoms with Crippen LogP contribution in [0.15, 0.2) is 57.5 Å². The number of hydrogen-bond donors (Lipinski definition) is 0. The average Bonchev–Trinajstić information content (AvgIpc) is 2.94. The second-order valence-electron chi connectivity index (χ2n) is 4.86. The maximum atomic E-state index is 6.25. The minimum absolute atomic E-state index is 0.0562. The van der Waals surface area contributed by atoms with E-state index in [1.54, 1.807) is 0 Å². The first kappa shape index (κ1) is 15.7. The number of ether oxygens (including phenoxy) is 2. The van der Waals surface area contributed by atoms with Gasteiger partial charge in [0.25, 0.3) is 0 Å². The van der Waals surface area contributed by atoms with Crippen molar-refractivity contribution in [3.63, 3.8) is 0 Å². The first-order chi connectivity index (χ1) is 10.1. The highest BCUT2D eigenvalue weighted by Crippen LogP contribution is 2.42. The van der Waals surface area contributed by atoms with Gasteiger partial charge in [-0.1, -0.05) is 72.1 Å². The summed E-state index contributed by atoms with van der Waals surface area (Å²) in [5.41, 5.74) is 2.14. The third kappa shape index (κ3) is 3.27. The van der Waals surface area contributed by atoms with Crippen molar-refractivity contribution in [2.45, 2.75) is 11.9 Å². The van der Waals surface area contributed by atoms with E-state index in [1.807, 2.05) is 36.4 Å². The lowest BCUT2D eigenvalue weighted by Crippen LogP contribution is -2.29. The van der Waals surface area contributed by atoms with Crippen LogP contribution in [0.5, 0.6) is 0 Å². The highest BCUT2D eigenvalue weighted by atomic mass is 79.9. The third-order valence-corrected chi connectivity index (χ3v) is 5.30. The van der Waals surface area contributed by atoms with Gasteiger partial charge in [0.15, 0.2) is 0 Å². The first-order valence-corrected chi connectivity index (χ1v) is 9.23. The fourth-order valence-electron chi connectivity index (χ4n) is 2.35. The molecule has 1 fully saturated rings. The van der Waals surface area contributed by atoms with Crippen LogP contribution in [0.25, 0.3) is 0 Å². The van der Waals surface area contributed by atoms with Gasteiger partial charge < -0.3 is 9.47 Å². The van der Waals surface area contributed by atoms with Crippen molar-refractivity contribution in [1.29, 1.82) is 0 Å². The zero-order chi connectivity index (χ0) is 14.9. The van der Waals surface area contributed by atoms with E-state index in [0.717, 1.165) is 20.1 Å². The van der Waals surface area contributed by atoms with Crippen molar-refractivity contribution >= 4 is 47.8 Å². The summed E-state index contributed by atoms with van der Waals surface area (Å²) >= 11 is 10.4. The van der Waals surface area contributed by atoms with E-state index in [-0.39, 0.29) is 6.10 Å². The predicted octanol–water partition coefficient (Wildman–Crippen LogP) is 5.55. The number of halogens is 3. The van der Waals surface area contributed by atoms with E-state index < -0.39 is 5.79 Å².